The molecule has 160 valence electrons. The van der Waals surface area contributed by atoms with Crippen molar-refractivity contribution in [2.45, 2.75) is 33.4 Å². The average Bonchev–Trinajstić information content (AvgIpc) is 2.60. The molecule has 5 N–H and O–H groups in total. The first-order valence-electron chi connectivity index (χ1n) is 8.99. The maximum absolute atomic E-state index is 13.3. The normalized spacial score (nSPS) is 12.5. The van der Waals surface area contributed by atoms with E-state index < -0.39 is 23.1 Å². The fraction of sp³-hybridized carbons (Fsp3) is 0.286. The van der Waals surface area contributed by atoms with E-state index in [4.69, 9.17) is 11.1 Å². The van der Waals surface area contributed by atoms with Crippen molar-refractivity contribution >= 4 is 17.6 Å². The lowest BCUT2D eigenvalue weighted by Gasteiger charge is -2.17. The van der Waals surface area contributed by atoms with Crippen molar-refractivity contribution in [2.75, 3.05) is 5.73 Å². The van der Waals surface area contributed by atoms with Crippen LogP contribution in [0.15, 0.2) is 48.4 Å². The van der Waals surface area contributed by atoms with E-state index in [1.54, 1.807) is 20.8 Å². The third-order valence-corrected chi connectivity index (χ3v) is 4.18. The number of nitrogens with one attached hydrogen (secondary N) is 2. The summed E-state index contributed by atoms with van der Waals surface area (Å²) in [5.41, 5.74) is 4.65. The molecule has 0 saturated heterocycles. The molecule has 0 atom stereocenters. The third-order valence-electron chi connectivity index (χ3n) is 4.18. The Kier molecular flexibility index (Phi) is 6.54. The van der Waals surface area contributed by atoms with Gasteiger partial charge in [-0.3, -0.25) is 10.2 Å². The maximum atomic E-state index is 13.3. The Labute approximate surface area is 172 Å². The van der Waals surface area contributed by atoms with Crippen molar-refractivity contribution in [3.05, 3.63) is 59.5 Å². The lowest BCUT2D eigenvalue weighted by atomic mass is 9.93. The van der Waals surface area contributed by atoms with Gasteiger partial charge >= 0.3 is 6.18 Å². The standard InChI is InChI=1S/C21H23F3N4O2/c1-20(2,3)16(29)10-18(26)28-19(30)8-12-4-6-13(7-5-12)14-11-27-17(25)9-15(14)21(22,23)24/h4-7,9-11,29H,8H2,1-3H3,(H2,25,27)(H2,26,28,30)/b16-10-. The van der Waals surface area contributed by atoms with E-state index in [-0.39, 0.29) is 35.0 Å². The number of carbonyl (C=O) groups is 1. The summed E-state index contributed by atoms with van der Waals surface area (Å²) >= 11 is 0. The lowest BCUT2D eigenvalue weighted by molar-refractivity contribution is -0.137. The maximum Gasteiger partial charge on any atom is 0.417 e. The zero-order valence-electron chi connectivity index (χ0n) is 16.8. The Morgan fingerprint density at radius 1 is 1.23 bits per heavy atom. The van der Waals surface area contributed by atoms with Crippen LogP contribution in [0, 0.1) is 10.8 Å². The molecule has 0 spiro atoms. The number of allylic oxidation sites excluding steroid dienone is 1. The van der Waals surface area contributed by atoms with Crippen molar-refractivity contribution in [3.63, 3.8) is 0 Å². The number of hydrogen-bond acceptors (Lipinski definition) is 5. The molecule has 0 saturated carbocycles. The first kappa shape index (κ1) is 22.9. The molecule has 0 aliphatic carbocycles. The number of halogens is 3. The molecule has 0 aliphatic rings. The first-order chi connectivity index (χ1) is 13.8. The van der Waals surface area contributed by atoms with Crippen LogP contribution in [0.4, 0.5) is 19.0 Å². The molecule has 1 heterocycles. The zero-order chi connectivity index (χ0) is 22.7. The smallest absolute Gasteiger partial charge is 0.417 e. The number of amidine groups is 1. The van der Waals surface area contributed by atoms with Crippen molar-refractivity contribution in [1.29, 1.82) is 5.41 Å². The van der Waals surface area contributed by atoms with Gasteiger partial charge in [0.05, 0.1) is 12.0 Å². The van der Waals surface area contributed by atoms with Crippen LogP contribution in [-0.4, -0.2) is 21.8 Å². The molecule has 30 heavy (non-hydrogen) atoms. The molecule has 9 heteroatoms. The lowest BCUT2D eigenvalue weighted by Crippen LogP contribution is -2.30. The molecule has 6 nitrogen and oxygen atoms in total. The highest BCUT2D eigenvalue weighted by Crippen LogP contribution is 2.37. The second kappa shape index (κ2) is 8.56. The van der Waals surface area contributed by atoms with Gasteiger partial charge in [-0.2, -0.15) is 13.2 Å². The predicted octanol–water partition coefficient (Wildman–Crippen LogP) is 4.47. The number of amides is 1. The second-order valence-electron chi connectivity index (χ2n) is 7.77. The summed E-state index contributed by atoms with van der Waals surface area (Å²) < 4.78 is 39.8. The van der Waals surface area contributed by atoms with E-state index in [0.29, 0.717) is 5.56 Å². The number of nitrogens with two attached hydrogens (primary N) is 1. The third kappa shape index (κ3) is 6.07. The van der Waals surface area contributed by atoms with Crippen LogP contribution in [0.25, 0.3) is 11.1 Å². The van der Waals surface area contributed by atoms with E-state index in [1.807, 2.05) is 0 Å². The number of aliphatic hydroxyl groups excluding tert-OH is 1. The van der Waals surface area contributed by atoms with Crippen LogP contribution < -0.4 is 11.1 Å². The summed E-state index contributed by atoms with van der Waals surface area (Å²) in [5, 5.41) is 20.0. The summed E-state index contributed by atoms with van der Waals surface area (Å²) in [4.78, 5) is 15.8. The first-order valence-corrected chi connectivity index (χ1v) is 8.99. The fourth-order valence-corrected chi connectivity index (χ4v) is 2.51. The fourth-order valence-electron chi connectivity index (χ4n) is 2.51. The number of nitrogens with zero attached hydrogens (tertiary/aromatic N) is 1. The number of hydrogen-bond donors (Lipinski definition) is 4. The van der Waals surface area contributed by atoms with E-state index in [0.717, 1.165) is 18.3 Å². The predicted molar refractivity (Wildman–Crippen MR) is 109 cm³/mol. The average molecular weight is 420 g/mol. The van der Waals surface area contributed by atoms with E-state index in [2.05, 4.69) is 10.3 Å². The van der Waals surface area contributed by atoms with Gasteiger partial charge in [-0.1, -0.05) is 45.0 Å². The van der Waals surface area contributed by atoms with Gasteiger partial charge < -0.3 is 16.2 Å². The second-order valence-corrected chi connectivity index (χ2v) is 7.77. The van der Waals surface area contributed by atoms with Gasteiger partial charge in [0.15, 0.2) is 0 Å². The van der Waals surface area contributed by atoms with Gasteiger partial charge in [-0.25, -0.2) is 4.98 Å². The number of aromatic nitrogens is 1. The molecule has 1 aromatic carbocycles. The van der Waals surface area contributed by atoms with Gasteiger partial charge in [-0.05, 0) is 17.2 Å². The summed E-state index contributed by atoms with van der Waals surface area (Å²) in [6.07, 6.45) is -2.45. The quantitative estimate of drug-likeness (QED) is 0.332. The number of nitrogen functional groups attached to an aromatic ring is 1. The van der Waals surface area contributed by atoms with Crippen LogP contribution >= 0.6 is 0 Å². The summed E-state index contributed by atoms with van der Waals surface area (Å²) in [6.45, 7) is 5.28. The highest BCUT2D eigenvalue weighted by Gasteiger charge is 2.34. The Hall–Kier alpha value is -3.36. The molecule has 0 fully saturated rings. The number of anilines is 1. The van der Waals surface area contributed by atoms with Crippen LogP contribution in [-0.2, 0) is 17.4 Å². The minimum absolute atomic E-state index is 0.0465. The molecule has 0 aliphatic heterocycles. The topological polar surface area (TPSA) is 112 Å². The van der Waals surface area contributed by atoms with Crippen molar-refractivity contribution in [1.82, 2.24) is 10.3 Å². The number of carbonyl (C=O) groups excluding carboxylic acids is 1. The van der Waals surface area contributed by atoms with Crippen molar-refractivity contribution < 1.29 is 23.1 Å². The molecule has 0 bridgehead atoms. The Balaban J connectivity index is 2.12. The van der Waals surface area contributed by atoms with Gasteiger partial charge in [0.25, 0.3) is 0 Å². The number of pyridine rings is 1. The van der Waals surface area contributed by atoms with Gasteiger partial charge in [0.2, 0.25) is 5.91 Å². The molecule has 2 aromatic rings. The Morgan fingerprint density at radius 3 is 2.37 bits per heavy atom. The highest BCUT2D eigenvalue weighted by atomic mass is 19.4. The van der Waals surface area contributed by atoms with Gasteiger partial charge in [-0.15, -0.1) is 0 Å². The van der Waals surface area contributed by atoms with E-state index in [1.165, 1.54) is 24.3 Å². The van der Waals surface area contributed by atoms with Crippen molar-refractivity contribution in [3.8, 4) is 11.1 Å². The highest BCUT2D eigenvalue weighted by molar-refractivity contribution is 6.03. The van der Waals surface area contributed by atoms with Crippen LogP contribution in [0.1, 0.15) is 31.9 Å². The van der Waals surface area contributed by atoms with E-state index >= 15 is 0 Å². The minimum Gasteiger partial charge on any atom is -0.512 e. The molecule has 0 radical (unpaired) electrons. The minimum atomic E-state index is -4.59. The zero-order valence-corrected chi connectivity index (χ0v) is 16.8. The van der Waals surface area contributed by atoms with Crippen LogP contribution in [0.5, 0.6) is 0 Å². The van der Waals surface area contributed by atoms with Gasteiger partial charge in [0, 0.05) is 23.3 Å². The van der Waals surface area contributed by atoms with Crippen LogP contribution in [0.2, 0.25) is 0 Å². The van der Waals surface area contributed by atoms with E-state index in [9.17, 15) is 23.1 Å². The largest absolute Gasteiger partial charge is 0.512 e. The van der Waals surface area contributed by atoms with Crippen LogP contribution in [0.3, 0.4) is 0 Å². The Morgan fingerprint density at radius 2 is 1.83 bits per heavy atom. The number of rotatable bonds is 4. The Bertz CT molecular complexity index is 975. The van der Waals surface area contributed by atoms with Gasteiger partial charge in [0.1, 0.15) is 17.4 Å². The summed E-state index contributed by atoms with van der Waals surface area (Å²) in [5.74, 6) is -1.02. The number of alkyl halides is 3. The molecule has 1 aromatic heterocycles. The summed E-state index contributed by atoms with van der Waals surface area (Å²) in [6, 6.07) is 6.75. The number of benzene rings is 1. The number of aliphatic hydroxyl groups is 1. The molecule has 2 rings (SSSR count). The SMILES string of the molecule is CC(C)(C)/C(O)=C/C(=N)NC(=O)Cc1ccc(-c2cnc(N)cc2C(F)(F)F)cc1. The molecular weight excluding hydrogens is 397 g/mol. The molecule has 0 unspecified atom stereocenters. The molecular formula is C21H23F3N4O2. The van der Waals surface area contributed by atoms with Crippen molar-refractivity contribution in [2.24, 2.45) is 5.41 Å². The summed E-state index contributed by atoms with van der Waals surface area (Å²) in [7, 11) is 0. The molecule has 1 amide bonds. The monoisotopic (exact) mass is 420 g/mol.